The summed E-state index contributed by atoms with van der Waals surface area (Å²) in [5.74, 6) is 0.412. The van der Waals surface area contributed by atoms with Gasteiger partial charge >= 0.3 is 0 Å². The quantitative estimate of drug-likeness (QED) is 0.617. The summed E-state index contributed by atoms with van der Waals surface area (Å²) in [5.41, 5.74) is 1.28. The van der Waals surface area contributed by atoms with Gasteiger partial charge in [0.25, 0.3) is 5.91 Å². The molecular weight excluding hydrogens is 364 g/mol. The van der Waals surface area contributed by atoms with E-state index in [0.717, 1.165) is 5.56 Å². The van der Waals surface area contributed by atoms with Gasteiger partial charge in [-0.25, -0.2) is 9.97 Å². The molecule has 0 radical (unpaired) electrons. The highest BCUT2D eigenvalue weighted by Gasteiger charge is 2.21. The van der Waals surface area contributed by atoms with Crippen LogP contribution in [0.5, 0.6) is 5.88 Å². The maximum atomic E-state index is 12.1. The Balaban J connectivity index is 1.68. The Labute approximate surface area is 161 Å². The van der Waals surface area contributed by atoms with E-state index in [1.807, 2.05) is 0 Å². The molecule has 0 bridgehead atoms. The van der Waals surface area contributed by atoms with Crippen molar-refractivity contribution < 1.29 is 19.2 Å². The highest BCUT2D eigenvalue weighted by atomic mass is 16.5. The monoisotopic (exact) mass is 384 g/mol. The Bertz CT molecular complexity index is 940. The van der Waals surface area contributed by atoms with Gasteiger partial charge in [0.05, 0.1) is 23.4 Å². The average molecular weight is 384 g/mol. The van der Waals surface area contributed by atoms with Gasteiger partial charge in [0, 0.05) is 12.3 Å². The van der Waals surface area contributed by atoms with Crippen molar-refractivity contribution in [3.63, 3.8) is 0 Å². The minimum absolute atomic E-state index is 0.122. The zero-order valence-electron chi connectivity index (χ0n) is 15.7. The van der Waals surface area contributed by atoms with Gasteiger partial charge in [-0.15, -0.1) is 10.2 Å². The second-order valence-corrected chi connectivity index (χ2v) is 6.70. The van der Waals surface area contributed by atoms with Crippen LogP contribution in [0.3, 0.4) is 0 Å². The summed E-state index contributed by atoms with van der Waals surface area (Å²) in [7, 11) is 0. The van der Waals surface area contributed by atoms with Gasteiger partial charge < -0.3 is 19.7 Å². The zero-order chi connectivity index (χ0) is 20.1. The van der Waals surface area contributed by atoms with E-state index in [9.17, 15) is 9.90 Å². The lowest BCUT2D eigenvalue weighted by molar-refractivity contribution is 0.0863. The number of nitrogens with one attached hydrogen (secondary N) is 1. The van der Waals surface area contributed by atoms with Crippen LogP contribution in [-0.4, -0.2) is 48.5 Å². The topological polar surface area (TPSA) is 136 Å². The first-order chi connectivity index (χ1) is 13.4. The van der Waals surface area contributed by atoms with Crippen LogP contribution in [-0.2, 0) is 6.61 Å². The van der Waals surface area contributed by atoms with Crippen molar-refractivity contribution in [3.05, 3.63) is 47.7 Å². The minimum atomic E-state index is -0.753. The molecule has 3 aromatic rings. The Morgan fingerprint density at radius 2 is 2.11 bits per heavy atom. The molecule has 146 valence electrons. The predicted molar refractivity (Wildman–Crippen MR) is 97.3 cm³/mol. The van der Waals surface area contributed by atoms with Crippen LogP contribution in [0, 0.1) is 6.92 Å². The first-order valence-corrected chi connectivity index (χ1v) is 8.51. The number of hydrogen-bond acceptors (Lipinski definition) is 9. The molecule has 0 aliphatic heterocycles. The van der Waals surface area contributed by atoms with Gasteiger partial charge in [0.1, 0.15) is 24.4 Å². The van der Waals surface area contributed by atoms with Crippen molar-refractivity contribution in [1.29, 1.82) is 0 Å². The highest BCUT2D eigenvalue weighted by molar-refractivity contribution is 5.92. The minimum Gasteiger partial charge on any atom is -0.472 e. The van der Waals surface area contributed by atoms with Gasteiger partial charge in [0.15, 0.2) is 5.69 Å². The number of aromatic nitrogens is 5. The molecule has 3 heterocycles. The van der Waals surface area contributed by atoms with Crippen molar-refractivity contribution in [2.75, 3.05) is 6.61 Å². The summed E-state index contributed by atoms with van der Waals surface area (Å²) in [6.45, 7) is 5.13. The highest BCUT2D eigenvalue weighted by Crippen LogP contribution is 2.24. The third kappa shape index (κ3) is 4.46. The van der Waals surface area contributed by atoms with Crippen LogP contribution >= 0.6 is 0 Å². The maximum absolute atomic E-state index is 12.1. The average Bonchev–Trinajstić information content (AvgIpc) is 3.07. The molecule has 0 aliphatic rings. The molecule has 0 aromatic carbocycles. The molecule has 0 saturated carbocycles. The molecule has 0 fully saturated rings. The molecule has 0 atom stereocenters. The summed E-state index contributed by atoms with van der Waals surface area (Å²) >= 11 is 0. The second kappa shape index (κ2) is 8.09. The van der Waals surface area contributed by atoms with Crippen molar-refractivity contribution in [1.82, 2.24) is 30.6 Å². The van der Waals surface area contributed by atoms with E-state index in [1.165, 1.54) is 12.4 Å². The number of hydrogen-bond donors (Lipinski definition) is 2. The van der Waals surface area contributed by atoms with Crippen LogP contribution in [0.4, 0.5) is 0 Å². The van der Waals surface area contributed by atoms with Crippen LogP contribution in [0.25, 0.3) is 11.4 Å². The van der Waals surface area contributed by atoms with Crippen LogP contribution < -0.4 is 10.1 Å². The Kier molecular flexibility index (Phi) is 5.59. The van der Waals surface area contributed by atoms with E-state index in [4.69, 9.17) is 9.26 Å². The Morgan fingerprint density at radius 3 is 2.75 bits per heavy atom. The summed E-state index contributed by atoms with van der Waals surface area (Å²) in [6.07, 6.45) is 3.04. The molecule has 0 saturated heterocycles. The zero-order valence-corrected chi connectivity index (χ0v) is 15.7. The summed E-state index contributed by atoms with van der Waals surface area (Å²) < 4.78 is 10.9. The molecule has 1 amide bonds. The van der Waals surface area contributed by atoms with Crippen LogP contribution in [0.15, 0.2) is 35.2 Å². The molecule has 28 heavy (non-hydrogen) atoms. The lowest BCUT2D eigenvalue weighted by Gasteiger charge is -2.22. The maximum Gasteiger partial charge on any atom is 0.272 e. The molecule has 0 aliphatic carbocycles. The van der Waals surface area contributed by atoms with Crippen molar-refractivity contribution >= 4 is 5.91 Å². The number of amides is 1. The van der Waals surface area contributed by atoms with E-state index in [1.54, 1.807) is 39.1 Å². The lowest BCUT2D eigenvalue weighted by atomic mass is 10.1. The van der Waals surface area contributed by atoms with Crippen molar-refractivity contribution in [2.45, 2.75) is 32.9 Å². The molecule has 10 nitrogen and oxygen atoms in total. The van der Waals surface area contributed by atoms with Gasteiger partial charge in [-0.1, -0.05) is 5.16 Å². The fraction of sp³-hybridized carbons (Fsp3) is 0.333. The number of nitrogens with zero attached hydrogens (tertiary/aromatic N) is 5. The molecule has 0 unspecified atom stereocenters. The molecule has 3 aromatic heterocycles. The standard InChI is InChI=1S/C18H20N6O4/c1-11-12(16(24-28-11)13-6-7-19-10-20-13)8-27-15-5-4-14(22-23-15)17(26)21-18(2,3)9-25/h4-7,10,25H,8-9H2,1-3H3,(H,21,26). The molecule has 0 spiro atoms. The van der Waals surface area contributed by atoms with E-state index >= 15 is 0 Å². The van der Waals surface area contributed by atoms with Crippen molar-refractivity contribution in [2.24, 2.45) is 0 Å². The number of ether oxygens (including phenoxy) is 1. The lowest BCUT2D eigenvalue weighted by Crippen LogP contribution is -2.46. The largest absolute Gasteiger partial charge is 0.472 e. The van der Waals surface area contributed by atoms with E-state index in [0.29, 0.717) is 17.1 Å². The van der Waals surface area contributed by atoms with Crippen molar-refractivity contribution in [3.8, 4) is 17.3 Å². The SMILES string of the molecule is Cc1onc(-c2ccncn2)c1COc1ccc(C(=O)NC(C)(C)CO)nn1. The van der Waals surface area contributed by atoms with Gasteiger partial charge in [-0.2, -0.15) is 0 Å². The normalized spacial score (nSPS) is 11.3. The second-order valence-electron chi connectivity index (χ2n) is 6.70. The third-order valence-electron chi connectivity index (χ3n) is 3.89. The number of aliphatic hydroxyl groups excluding tert-OH is 1. The predicted octanol–water partition coefficient (Wildman–Crippen LogP) is 1.31. The Morgan fingerprint density at radius 1 is 1.29 bits per heavy atom. The van der Waals surface area contributed by atoms with Gasteiger partial charge in [0.2, 0.25) is 5.88 Å². The fourth-order valence-corrected chi connectivity index (χ4v) is 2.27. The fourth-order valence-electron chi connectivity index (χ4n) is 2.27. The van der Waals surface area contributed by atoms with Crippen LogP contribution in [0.2, 0.25) is 0 Å². The van der Waals surface area contributed by atoms with Gasteiger partial charge in [-0.3, -0.25) is 4.79 Å². The van der Waals surface area contributed by atoms with Crippen LogP contribution in [0.1, 0.15) is 35.7 Å². The van der Waals surface area contributed by atoms with E-state index < -0.39 is 11.4 Å². The first kappa shape index (κ1) is 19.4. The molecule has 2 N–H and O–H groups in total. The molecule has 10 heteroatoms. The smallest absolute Gasteiger partial charge is 0.272 e. The number of aryl methyl sites for hydroxylation is 1. The summed E-state index contributed by atoms with van der Waals surface area (Å²) in [4.78, 5) is 20.2. The van der Waals surface area contributed by atoms with Gasteiger partial charge in [-0.05, 0) is 32.9 Å². The third-order valence-corrected chi connectivity index (χ3v) is 3.89. The first-order valence-electron chi connectivity index (χ1n) is 8.51. The number of aliphatic hydroxyl groups is 1. The molecular formula is C18H20N6O4. The molecule has 3 rings (SSSR count). The number of rotatable bonds is 7. The number of carbonyl (C=O) groups excluding carboxylic acids is 1. The number of carbonyl (C=O) groups is 1. The summed E-state index contributed by atoms with van der Waals surface area (Å²) in [6, 6.07) is 4.76. The summed E-state index contributed by atoms with van der Waals surface area (Å²) in [5, 5.41) is 23.7. The van der Waals surface area contributed by atoms with E-state index in [-0.39, 0.29) is 24.8 Å². The Hall–Kier alpha value is -3.40. The van der Waals surface area contributed by atoms with E-state index in [2.05, 4.69) is 30.6 Å².